The van der Waals surface area contributed by atoms with Crippen LogP contribution in [0.1, 0.15) is 32.1 Å². The van der Waals surface area contributed by atoms with E-state index in [1.54, 1.807) is 0 Å². The van der Waals surface area contributed by atoms with E-state index < -0.39 is 7.14 Å². The molecule has 2 N–H and O–H groups in total. The summed E-state index contributed by atoms with van der Waals surface area (Å²) in [6.07, 6.45) is 5.65. The Hall–Kier alpha value is 0.190. The van der Waals surface area contributed by atoms with E-state index in [2.05, 4.69) is 0 Å². The first kappa shape index (κ1) is 10.3. The average molecular weight is 189 g/mol. The van der Waals surface area contributed by atoms with Crippen LogP contribution in [0.3, 0.4) is 0 Å². The molecule has 1 aliphatic rings. The van der Waals surface area contributed by atoms with E-state index in [1.165, 1.54) is 12.8 Å². The van der Waals surface area contributed by atoms with Gasteiger partial charge in [-0.15, -0.1) is 0 Å². The highest BCUT2D eigenvalue weighted by molar-refractivity contribution is 7.63. The highest BCUT2D eigenvalue weighted by atomic mass is 31.2. The molecule has 1 saturated carbocycles. The van der Waals surface area contributed by atoms with E-state index in [4.69, 9.17) is 5.73 Å². The number of nitrogens with two attached hydrogens (primary N) is 1. The van der Waals surface area contributed by atoms with Gasteiger partial charge in [-0.05, 0) is 32.6 Å². The second-order valence-electron chi connectivity index (χ2n) is 4.37. The number of rotatable bonds is 1. The summed E-state index contributed by atoms with van der Waals surface area (Å²) >= 11 is 0. The van der Waals surface area contributed by atoms with Crippen LogP contribution in [0.4, 0.5) is 0 Å². The third-order valence-electron chi connectivity index (χ3n) is 2.82. The fourth-order valence-corrected chi connectivity index (χ4v) is 3.52. The second-order valence-corrected chi connectivity index (χ2v) is 7.97. The van der Waals surface area contributed by atoms with Crippen LogP contribution >= 0.6 is 7.14 Å². The molecule has 0 heterocycles. The largest absolute Gasteiger partial charge is 0.328 e. The van der Waals surface area contributed by atoms with Crippen molar-refractivity contribution in [3.63, 3.8) is 0 Å². The highest BCUT2D eigenvalue weighted by Gasteiger charge is 2.26. The SMILES string of the molecule is CP(C)(=O)C1CCCCC(N)C1. The lowest BCUT2D eigenvalue weighted by Crippen LogP contribution is -2.23. The van der Waals surface area contributed by atoms with E-state index in [0.717, 1.165) is 19.3 Å². The number of hydrogen-bond acceptors (Lipinski definition) is 2. The Morgan fingerprint density at radius 1 is 1.25 bits per heavy atom. The molecule has 0 radical (unpaired) electrons. The second kappa shape index (κ2) is 3.93. The minimum atomic E-state index is -1.89. The quantitative estimate of drug-likeness (QED) is 0.508. The van der Waals surface area contributed by atoms with Gasteiger partial charge in [0, 0.05) is 11.7 Å². The lowest BCUT2D eigenvalue weighted by molar-refractivity contribution is 0.545. The molecule has 2 atom stereocenters. The predicted molar refractivity (Wildman–Crippen MR) is 54.3 cm³/mol. The summed E-state index contributed by atoms with van der Waals surface area (Å²) in [6, 6.07) is 0.297. The van der Waals surface area contributed by atoms with Crippen molar-refractivity contribution in [1.82, 2.24) is 0 Å². The van der Waals surface area contributed by atoms with E-state index in [1.807, 2.05) is 13.3 Å². The molecule has 0 spiro atoms. The minimum Gasteiger partial charge on any atom is -0.328 e. The normalized spacial score (nSPS) is 32.9. The van der Waals surface area contributed by atoms with Crippen LogP contribution in [0.15, 0.2) is 0 Å². The molecule has 2 unspecified atom stereocenters. The van der Waals surface area contributed by atoms with Crippen LogP contribution in [-0.4, -0.2) is 25.0 Å². The Balaban J connectivity index is 2.58. The van der Waals surface area contributed by atoms with Crippen molar-refractivity contribution in [2.75, 3.05) is 13.3 Å². The monoisotopic (exact) mass is 189 g/mol. The third-order valence-corrected chi connectivity index (χ3v) is 5.04. The van der Waals surface area contributed by atoms with Gasteiger partial charge in [0.2, 0.25) is 0 Å². The fourth-order valence-electron chi connectivity index (χ4n) is 1.94. The maximum Gasteiger partial charge on any atom is 0.0849 e. The van der Waals surface area contributed by atoms with Crippen molar-refractivity contribution < 1.29 is 4.57 Å². The molecule has 0 aliphatic heterocycles. The summed E-state index contributed by atoms with van der Waals surface area (Å²) < 4.78 is 11.8. The summed E-state index contributed by atoms with van der Waals surface area (Å²) in [7, 11) is -1.89. The average Bonchev–Trinajstić information content (AvgIpc) is 2.11. The van der Waals surface area contributed by atoms with Crippen molar-refractivity contribution in [2.45, 2.75) is 43.8 Å². The maximum atomic E-state index is 11.8. The van der Waals surface area contributed by atoms with Crippen LogP contribution in [0.25, 0.3) is 0 Å². The molecule has 3 heteroatoms. The Kier molecular flexibility index (Phi) is 3.37. The molecular formula is C9H20NOP. The van der Waals surface area contributed by atoms with Gasteiger partial charge in [-0.2, -0.15) is 0 Å². The van der Waals surface area contributed by atoms with E-state index in [0.29, 0.717) is 11.7 Å². The van der Waals surface area contributed by atoms with Crippen LogP contribution in [0.5, 0.6) is 0 Å². The van der Waals surface area contributed by atoms with Crippen molar-refractivity contribution in [1.29, 1.82) is 0 Å². The van der Waals surface area contributed by atoms with E-state index in [-0.39, 0.29) is 0 Å². The topological polar surface area (TPSA) is 43.1 Å². The van der Waals surface area contributed by atoms with Crippen molar-refractivity contribution in [2.24, 2.45) is 5.73 Å². The van der Waals surface area contributed by atoms with Gasteiger partial charge >= 0.3 is 0 Å². The molecule has 1 aliphatic carbocycles. The Morgan fingerprint density at radius 2 is 1.83 bits per heavy atom. The first-order chi connectivity index (χ1) is 5.50. The number of hydrogen-bond donors (Lipinski definition) is 1. The lowest BCUT2D eigenvalue weighted by atomic mass is 10.1. The standard InChI is InChI=1S/C9H20NOP/c1-12(2,11)9-6-4-3-5-8(10)7-9/h8-9H,3-7,10H2,1-2H3. The first-order valence-electron chi connectivity index (χ1n) is 4.80. The van der Waals surface area contributed by atoms with Gasteiger partial charge in [-0.25, -0.2) is 0 Å². The van der Waals surface area contributed by atoms with Gasteiger partial charge in [0.15, 0.2) is 0 Å². The Labute approximate surface area is 75.3 Å². The Bertz CT molecular complexity index is 187. The fraction of sp³-hybridized carbons (Fsp3) is 1.00. The molecule has 0 bridgehead atoms. The molecule has 2 nitrogen and oxygen atoms in total. The van der Waals surface area contributed by atoms with Crippen LogP contribution < -0.4 is 5.73 Å². The zero-order valence-corrected chi connectivity index (χ0v) is 9.02. The van der Waals surface area contributed by atoms with Crippen molar-refractivity contribution in [3.8, 4) is 0 Å². The lowest BCUT2D eigenvalue weighted by Gasteiger charge is -2.21. The highest BCUT2D eigenvalue weighted by Crippen LogP contribution is 2.47. The molecular weight excluding hydrogens is 169 g/mol. The summed E-state index contributed by atoms with van der Waals surface area (Å²) in [4.78, 5) is 0. The minimum absolute atomic E-state index is 0.297. The molecule has 1 rings (SSSR count). The Morgan fingerprint density at radius 3 is 2.42 bits per heavy atom. The maximum absolute atomic E-state index is 11.8. The summed E-state index contributed by atoms with van der Waals surface area (Å²) in [6.45, 7) is 3.80. The van der Waals surface area contributed by atoms with Crippen molar-refractivity contribution in [3.05, 3.63) is 0 Å². The van der Waals surface area contributed by atoms with Gasteiger partial charge in [0.25, 0.3) is 0 Å². The molecule has 72 valence electrons. The molecule has 0 aromatic carbocycles. The van der Waals surface area contributed by atoms with E-state index in [9.17, 15) is 4.57 Å². The molecule has 1 fully saturated rings. The van der Waals surface area contributed by atoms with Gasteiger partial charge in [-0.3, -0.25) is 0 Å². The smallest absolute Gasteiger partial charge is 0.0849 e. The molecule has 12 heavy (non-hydrogen) atoms. The van der Waals surface area contributed by atoms with Gasteiger partial charge in [0.1, 0.15) is 0 Å². The predicted octanol–water partition coefficient (Wildman–Crippen LogP) is 2.27. The molecule has 0 saturated heterocycles. The molecule has 0 amide bonds. The zero-order chi connectivity index (χ0) is 9.19. The van der Waals surface area contributed by atoms with Crippen LogP contribution in [0, 0.1) is 0 Å². The van der Waals surface area contributed by atoms with E-state index >= 15 is 0 Å². The summed E-state index contributed by atoms with van der Waals surface area (Å²) in [5.41, 5.74) is 6.30. The van der Waals surface area contributed by atoms with Crippen LogP contribution in [-0.2, 0) is 4.57 Å². The van der Waals surface area contributed by atoms with Gasteiger partial charge in [-0.1, -0.05) is 12.8 Å². The molecule has 0 aromatic rings. The van der Waals surface area contributed by atoms with Gasteiger partial charge in [0.05, 0.1) is 7.14 Å². The van der Waals surface area contributed by atoms with Gasteiger partial charge < -0.3 is 10.3 Å². The van der Waals surface area contributed by atoms with Crippen molar-refractivity contribution >= 4 is 7.14 Å². The summed E-state index contributed by atoms with van der Waals surface area (Å²) in [5.74, 6) is 0. The summed E-state index contributed by atoms with van der Waals surface area (Å²) in [5, 5.41) is 0. The zero-order valence-electron chi connectivity index (χ0n) is 8.12. The molecule has 0 aromatic heterocycles. The first-order valence-corrected chi connectivity index (χ1v) is 7.47. The third kappa shape index (κ3) is 2.91. The van der Waals surface area contributed by atoms with Crippen LogP contribution in [0.2, 0.25) is 0 Å².